The van der Waals surface area contributed by atoms with Crippen LogP contribution in [0.15, 0.2) is 47.4 Å². The van der Waals surface area contributed by atoms with Crippen molar-refractivity contribution in [2.45, 2.75) is 83.5 Å². The summed E-state index contributed by atoms with van der Waals surface area (Å²) in [5.41, 5.74) is -1.22. The number of carbonyl (C=O) groups excluding carboxylic acids is 2. The van der Waals surface area contributed by atoms with Crippen LogP contribution in [0.4, 0.5) is 19.4 Å². The Balaban J connectivity index is 1.72. The number of alkyl halides is 2. The number of aliphatic hydroxyl groups is 1. The third kappa shape index (κ3) is 9.53. The lowest BCUT2D eigenvalue weighted by Gasteiger charge is -2.25. The fraction of sp³-hybridized carbons (Fsp3) is 0.556. The average Bonchev–Trinajstić information content (AvgIpc) is 3.18. The summed E-state index contributed by atoms with van der Waals surface area (Å²) in [5.74, 6) is -4.99. The molecule has 244 valence electrons. The number of anilines is 1. The lowest BCUT2D eigenvalue weighted by molar-refractivity contribution is -0.149. The van der Waals surface area contributed by atoms with E-state index in [-0.39, 0.29) is 18.2 Å². The van der Waals surface area contributed by atoms with Gasteiger partial charge in [0.25, 0.3) is 0 Å². The zero-order valence-corrected chi connectivity index (χ0v) is 25.6. The van der Waals surface area contributed by atoms with Crippen LogP contribution in [0, 0.1) is 0 Å². The van der Waals surface area contributed by atoms with E-state index in [2.05, 4.69) is 15.4 Å². The number of aromatic nitrogens is 2. The number of hydrogen-bond acceptors (Lipinski definition) is 11. The number of rotatable bonds is 15. The first kappa shape index (κ1) is 35.1. The van der Waals surface area contributed by atoms with Crippen LogP contribution in [-0.4, -0.2) is 70.2 Å². The van der Waals surface area contributed by atoms with Gasteiger partial charge in [0.2, 0.25) is 6.23 Å². The second kappa shape index (κ2) is 15.5. The summed E-state index contributed by atoms with van der Waals surface area (Å²) in [6, 6.07) is 7.59. The molecule has 3 rings (SSSR count). The summed E-state index contributed by atoms with van der Waals surface area (Å²) in [7, 11) is -4.47. The molecule has 1 aromatic heterocycles. The molecule has 1 saturated heterocycles. The average molecular weight is 647 g/mol. The molecule has 17 heteroatoms. The van der Waals surface area contributed by atoms with Gasteiger partial charge in [0, 0.05) is 6.20 Å². The number of amides is 1. The van der Waals surface area contributed by atoms with Gasteiger partial charge in [-0.25, -0.2) is 14.2 Å². The van der Waals surface area contributed by atoms with Gasteiger partial charge in [-0.2, -0.15) is 18.9 Å². The van der Waals surface area contributed by atoms with Gasteiger partial charge in [-0.05, 0) is 45.4 Å². The van der Waals surface area contributed by atoms with Gasteiger partial charge in [-0.15, -0.1) is 0 Å². The van der Waals surface area contributed by atoms with Crippen LogP contribution < -0.4 is 20.6 Å². The van der Waals surface area contributed by atoms with Crippen LogP contribution in [0.25, 0.3) is 0 Å². The fourth-order valence-corrected chi connectivity index (χ4v) is 5.43. The number of benzene rings is 1. The molecule has 1 fully saturated rings. The van der Waals surface area contributed by atoms with Crippen LogP contribution >= 0.6 is 7.75 Å². The lowest BCUT2D eigenvalue weighted by Crippen LogP contribution is -2.42. The van der Waals surface area contributed by atoms with Gasteiger partial charge in [-0.1, -0.05) is 38.0 Å². The predicted octanol–water partition coefficient (Wildman–Crippen LogP) is 4.01. The minimum absolute atomic E-state index is 0.0695. The molecule has 1 aliphatic rings. The standard InChI is InChI=1S/C27H37F2N4O10P/c1-5-6-10-15-39-26(37)31-21-13-14-33(25(36)30-21)24-27(28,29)22(34)20(42-24)16-40-44(38,43-19-11-8-7-9-12-19)32-18(4)23(35)41-17(2)3/h7-9,11-14,17-18,20,22,24,34H,5-6,10,15-16H2,1-4H3,(H,32,38)(H,30,31,36,37)/t18-,20+,22+,24+,44?/m0/s1. The van der Waals surface area contributed by atoms with E-state index in [0.717, 1.165) is 25.1 Å². The Morgan fingerprint density at radius 1 is 1.18 bits per heavy atom. The number of nitrogens with one attached hydrogen (secondary N) is 2. The van der Waals surface area contributed by atoms with Crippen molar-refractivity contribution in [1.29, 1.82) is 0 Å². The number of nitrogens with zero attached hydrogens (tertiary/aromatic N) is 2. The molecule has 0 spiro atoms. The normalized spacial score (nSPS) is 21.3. The lowest BCUT2D eigenvalue weighted by atomic mass is 10.1. The highest BCUT2D eigenvalue weighted by Crippen LogP contribution is 2.48. The second-order valence-corrected chi connectivity index (χ2v) is 11.8. The summed E-state index contributed by atoms with van der Waals surface area (Å²) in [6.45, 7) is 5.80. The Labute approximate surface area is 252 Å². The highest BCUT2D eigenvalue weighted by molar-refractivity contribution is 7.52. The molecule has 44 heavy (non-hydrogen) atoms. The van der Waals surface area contributed by atoms with Crippen molar-refractivity contribution >= 4 is 25.6 Å². The maximum atomic E-state index is 15.2. The third-order valence-corrected chi connectivity index (χ3v) is 7.75. The van der Waals surface area contributed by atoms with Crippen LogP contribution in [0.5, 0.6) is 5.75 Å². The second-order valence-electron chi connectivity index (χ2n) is 10.2. The fourth-order valence-electron chi connectivity index (χ4n) is 3.93. The number of halogens is 2. The summed E-state index contributed by atoms with van der Waals surface area (Å²) < 4.78 is 70.6. The van der Waals surface area contributed by atoms with Gasteiger partial charge in [0.15, 0.2) is 6.10 Å². The number of aliphatic hydroxyl groups excluding tert-OH is 1. The zero-order chi connectivity index (χ0) is 32.5. The molecular formula is C27H37F2N4O10P. The molecule has 1 aromatic carbocycles. The number of esters is 1. The quantitative estimate of drug-likeness (QED) is 0.144. The van der Waals surface area contributed by atoms with E-state index >= 15 is 8.78 Å². The van der Waals surface area contributed by atoms with Crippen LogP contribution in [0.2, 0.25) is 0 Å². The van der Waals surface area contributed by atoms with Gasteiger partial charge in [-0.3, -0.25) is 19.2 Å². The summed E-state index contributed by atoms with van der Waals surface area (Å²) in [5, 5.41) is 15.0. The Morgan fingerprint density at radius 2 is 1.89 bits per heavy atom. The van der Waals surface area contributed by atoms with E-state index < -0.39 is 68.6 Å². The number of carbonyl (C=O) groups is 2. The van der Waals surface area contributed by atoms with E-state index in [1.165, 1.54) is 19.1 Å². The number of ether oxygens (including phenoxy) is 3. The van der Waals surface area contributed by atoms with E-state index in [1.54, 1.807) is 32.0 Å². The molecule has 2 aromatic rings. The minimum Gasteiger partial charge on any atom is -0.462 e. The monoisotopic (exact) mass is 646 g/mol. The van der Waals surface area contributed by atoms with Crippen molar-refractivity contribution in [1.82, 2.24) is 14.6 Å². The maximum absolute atomic E-state index is 15.2. The largest absolute Gasteiger partial charge is 0.462 e. The highest BCUT2D eigenvalue weighted by atomic mass is 31.2. The number of hydrogen-bond donors (Lipinski definition) is 3. The van der Waals surface area contributed by atoms with Crippen LogP contribution in [0.1, 0.15) is 53.2 Å². The number of unbranched alkanes of at least 4 members (excludes halogenated alkanes) is 2. The first-order chi connectivity index (χ1) is 20.8. The molecule has 3 N–H and O–H groups in total. The van der Waals surface area contributed by atoms with E-state index in [0.29, 0.717) is 11.0 Å². The molecule has 1 unspecified atom stereocenters. The number of para-hydroxylation sites is 1. The van der Waals surface area contributed by atoms with Gasteiger partial charge in [0.1, 0.15) is 23.7 Å². The first-order valence-corrected chi connectivity index (χ1v) is 15.5. The minimum atomic E-state index is -4.47. The van der Waals surface area contributed by atoms with Crippen LogP contribution in [-0.2, 0) is 28.1 Å². The molecule has 1 aliphatic heterocycles. The van der Waals surface area contributed by atoms with Crippen molar-refractivity contribution in [2.24, 2.45) is 0 Å². The predicted molar refractivity (Wildman–Crippen MR) is 152 cm³/mol. The Bertz CT molecular complexity index is 1360. The van der Waals surface area contributed by atoms with E-state index in [4.69, 9.17) is 23.3 Å². The van der Waals surface area contributed by atoms with Crippen molar-refractivity contribution in [3.05, 3.63) is 53.1 Å². The molecule has 2 heterocycles. The van der Waals surface area contributed by atoms with Gasteiger partial charge < -0.3 is 23.8 Å². The molecule has 14 nitrogen and oxygen atoms in total. The van der Waals surface area contributed by atoms with Crippen molar-refractivity contribution in [3.63, 3.8) is 0 Å². The topological polar surface area (TPSA) is 177 Å². The molecule has 0 saturated carbocycles. The van der Waals surface area contributed by atoms with E-state index in [9.17, 15) is 24.1 Å². The van der Waals surface area contributed by atoms with E-state index in [1.807, 2.05) is 6.92 Å². The third-order valence-electron chi connectivity index (χ3n) is 6.11. The van der Waals surface area contributed by atoms with Gasteiger partial charge >= 0.3 is 31.4 Å². The molecule has 5 atom stereocenters. The summed E-state index contributed by atoms with van der Waals surface area (Å²) >= 11 is 0. The first-order valence-electron chi connectivity index (χ1n) is 14.0. The van der Waals surface area contributed by atoms with Crippen molar-refractivity contribution < 1.29 is 51.3 Å². The Hall–Kier alpha value is -3.43. The van der Waals surface area contributed by atoms with Crippen LogP contribution in [0.3, 0.4) is 0 Å². The summed E-state index contributed by atoms with van der Waals surface area (Å²) in [4.78, 5) is 40.4. The molecular weight excluding hydrogens is 609 g/mol. The van der Waals surface area contributed by atoms with Gasteiger partial charge in [0.05, 0.1) is 19.3 Å². The van der Waals surface area contributed by atoms with Crippen molar-refractivity contribution in [3.8, 4) is 5.75 Å². The Morgan fingerprint density at radius 3 is 2.52 bits per heavy atom. The molecule has 0 radical (unpaired) electrons. The SMILES string of the molecule is CCCCCOC(=O)Nc1ccn([C@@H]2O[C@H](COP(=O)(N[C@@H](C)C(=O)OC(C)C)Oc3ccccc3)[C@@H](O)C2(F)F)c(=O)n1. The zero-order valence-electron chi connectivity index (χ0n) is 24.7. The molecule has 1 amide bonds. The highest BCUT2D eigenvalue weighted by Gasteiger charge is 2.60. The molecule has 0 aliphatic carbocycles. The summed E-state index contributed by atoms with van der Waals surface area (Å²) in [6.07, 6.45) is -4.66. The Kier molecular flexibility index (Phi) is 12.4. The van der Waals surface area contributed by atoms with Crippen molar-refractivity contribution in [2.75, 3.05) is 18.5 Å². The maximum Gasteiger partial charge on any atom is 0.459 e. The molecule has 0 bridgehead atoms. The smallest absolute Gasteiger partial charge is 0.459 e.